The zero-order chi connectivity index (χ0) is 19.8. The number of halogens is 3. The molecule has 2 rings (SSSR count). The number of phenolic OH excluding ortho intramolecular Hbond substituents is 1. The quantitative estimate of drug-likeness (QED) is 0.440. The standard InChI is InChI=1S/C18H17Cl3N2O4/c19-13-8-15(21)16(9-14(13)20)27-10-17(25)22-5-2-6-23-18(26)11-3-1-4-12(24)7-11/h1,3-4,7-9,24H,2,5-6,10H2,(H,22,25)(H,23,26). The van der Waals surface area contributed by atoms with E-state index in [2.05, 4.69) is 10.6 Å². The van der Waals surface area contributed by atoms with Crippen molar-refractivity contribution in [3.05, 3.63) is 57.0 Å². The molecule has 0 aliphatic carbocycles. The second kappa shape index (κ2) is 10.3. The fourth-order valence-corrected chi connectivity index (χ4v) is 2.67. The Hall–Kier alpha value is -2.15. The molecule has 27 heavy (non-hydrogen) atoms. The average Bonchev–Trinajstić information content (AvgIpc) is 2.63. The zero-order valence-corrected chi connectivity index (χ0v) is 16.4. The van der Waals surface area contributed by atoms with E-state index in [1.807, 2.05) is 0 Å². The van der Waals surface area contributed by atoms with Gasteiger partial charge in [0.25, 0.3) is 11.8 Å². The molecule has 6 nitrogen and oxygen atoms in total. The van der Waals surface area contributed by atoms with Crippen LogP contribution in [0.3, 0.4) is 0 Å². The maximum Gasteiger partial charge on any atom is 0.257 e. The molecule has 0 fully saturated rings. The molecule has 0 radical (unpaired) electrons. The van der Waals surface area contributed by atoms with Crippen molar-refractivity contribution >= 4 is 46.6 Å². The maximum atomic E-state index is 11.9. The van der Waals surface area contributed by atoms with Gasteiger partial charge in [-0.1, -0.05) is 40.9 Å². The molecule has 2 aromatic rings. The molecule has 2 aromatic carbocycles. The van der Waals surface area contributed by atoms with Gasteiger partial charge < -0.3 is 20.5 Å². The molecule has 0 aliphatic heterocycles. The summed E-state index contributed by atoms with van der Waals surface area (Å²) in [4.78, 5) is 23.7. The number of benzene rings is 2. The largest absolute Gasteiger partial charge is 0.508 e. The Balaban J connectivity index is 1.65. The van der Waals surface area contributed by atoms with E-state index in [-0.39, 0.29) is 40.0 Å². The summed E-state index contributed by atoms with van der Waals surface area (Å²) in [5, 5.41) is 15.5. The molecule has 2 amide bonds. The predicted octanol–water partition coefficient (Wildman–Crippen LogP) is 3.67. The van der Waals surface area contributed by atoms with Gasteiger partial charge in [0.2, 0.25) is 0 Å². The van der Waals surface area contributed by atoms with Crippen LogP contribution in [0.2, 0.25) is 15.1 Å². The van der Waals surface area contributed by atoms with Gasteiger partial charge in [-0.15, -0.1) is 0 Å². The normalized spacial score (nSPS) is 10.3. The van der Waals surface area contributed by atoms with Crippen LogP contribution in [-0.4, -0.2) is 36.6 Å². The van der Waals surface area contributed by atoms with Crippen molar-refractivity contribution in [1.29, 1.82) is 0 Å². The summed E-state index contributed by atoms with van der Waals surface area (Å²) in [7, 11) is 0. The summed E-state index contributed by atoms with van der Waals surface area (Å²) in [6.07, 6.45) is 0.532. The molecule has 0 unspecified atom stereocenters. The summed E-state index contributed by atoms with van der Waals surface area (Å²) >= 11 is 17.7. The van der Waals surface area contributed by atoms with E-state index in [0.29, 0.717) is 30.1 Å². The molecule has 0 saturated carbocycles. The van der Waals surface area contributed by atoms with Crippen LogP contribution in [0.5, 0.6) is 11.5 Å². The first-order valence-electron chi connectivity index (χ1n) is 7.98. The third kappa shape index (κ3) is 6.82. The van der Waals surface area contributed by atoms with E-state index < -0.39 is 0 Å². The summed E-state index contributed by atoms with van der Waals surface area (Å²) in [5.74, 6) is -0.345. The lowest BCUT2D eigenvalue weighted by molar-refractivity contribution is -0.123. The minimum atomic E-state index is -0.337. The van der Waals surface area contributed by atoms with Crippen LogP contribution < -0.4 is 15.4 Å². The van der Waals surface area contributed by atoms with Gasteiger partial charge in [-0.2, -0.15) is 0 Å². The third-order valence-corrected chi connectivity index (χ3v) is 4.42. The van der Waals surface area contributed by atoms with Crippen LogP contribution in [-0.2, 0) is 4.79 Å². The van der Waals surface area contributed by atoms with Gasteiger partial charge in [-0.3, -0.25) is 9.59 Å². The predicted molar refractivity (Wildman–Crippen MR) is 105 cm³/mol. The number of rotatable bonds is 8. The van der Waals surface area contributed by atoms with Crippen molar-refractivity contribution in [3.63, 3.8) is 0 Å². The van der Waals surface area contributed by atoms with E-state index in [1.54, 1.807) is 12.1 Å². The SMILES string of the molecule is O=C(COc1cc(Cl)c(Cl)cc1Cl)NCCCNC(=O)c1cccc(O)c1. The summed E-state index contributed by atoms with van der Waals surface area (Å²) in [5.41, 5.74) is 0.367. The number of hydrogen-bond acceptors (Lipinski definition) is 4. The van der Waals surface area contributed by atoms with Crippen LogP contribution in [0.1, 0.15) is 16.8 Å². The van der Waals surface area contributed by atoms with E-state index >= 15 is 0 Å². The van der Waals surface area contributed by atoms with Crippen molar-refractivity contribution < 1.29 is 19.4 Å². The monoisotopic (exact) mass is 430 g/mol. The Labute approximate surface area is 171 Å². The number of amides is 2. The van der Waals surface area contributed by atoms with Crippen LogP contribution in [0, 0.1) is 0 Å². The number of phenols is 1. The highest BCUT2D eigenvalue weighted by Gasteiger charge is 2.10. The minimum absolute atomic E-state index is 0.0250. The van der Waals surface area contributed by atoms with Gasteiger partial charge in [-0.05, 0) is 30.7 Å². The van der Waals surface area contributed by atoms with Gasteiger partial charge in [-0.25, -0.2) is 0 Å². The first kappa shape index (κ1) is 21.2. The highest BCUT2D eigenvalue weighted by Crippen LogP contribution is 2.33. The van der Waals surface area contributed by atoms with Crippen molar-refractivity contribution in [2.45, 2.75) is 6.42 Å². The van der Waals surface area contributed by atoms with Crippen molar-refractivity contribution in [2.75, 3.05) is 19.7 Å². The number of nitrogens with one attached hydrogen (secondary N) is 2. The maximum absolute atomic E-state index is 11.9. The lowest BCUT2D eigenvalue weighted by Crippen LogP contribution is -2.32. The Morgan fingerprint density at radius 3 is 2.41 bits per heavy atom. The highest BCUT2D eigenvalue weighted by atomic mass is 35.5. The Morgan fingerprint density at radius 1 is 0.963 bits per heavy atom. The molecule has 0 atom stereocenters. The van der Waals surface area contributed by atoms with Crippen molar-refractivity contribution in [3.8, 4) is 11.5 Å². The van der Waals surface area contributed by atoms with Crippen molar-refractivity contribution in [1.82, 2.24) is 10.6 Å². The molecule has 144 valence electrons. The number of aromatic hydroxyl groups is 1. The number of ether oxygens (including phenoxy) is 1. The smallest absolute Gasteiger partial charge is 0.257 e. The molecule has 0 heterocycles. The zero-order valence-electron chi connectivity index (χ0n) is 14.1. The molecule has 9 heteroatoms. The van der Waals surface area contributed by atoms with E-state index in [0.717, 1.165) is 0 Å². The summed E-state index contributed by atoms with van der Waals surface area (Å²) in [6.45, 7) is 0.499. The number of carbonyl (C=O) groups is 2. The Kier molecular flexibility index (Phi) is 8.03. The van der Waals surface area contributed by atoms with Crippen LogP contribution in [0.15, 0.2) is 36.4 Å². The number of hydrogen-bond donors (Lipinski definition) is 3. The van der Waals surface area contributed by atoms with Crippen LogP contribution in [0.25, 0.3) is 0 Å². The topological polar surface area (TPSA) is 87.7 Å². The molecule has 0 aromatic heterocycles. The third-order valence-electron chi connectivity index (χ3n) is 3.40. The molecular formula is C18H17Cl3N2O4. The Morgan fingerprint density at radius 2 is 1.67 bits per heavy atom. The first-order valence-corrected chi connectivity index (χ1v) is 9.11. The summed E-state index contributed by atoms with van der Waals surface area (Å²) in [6, 6.07) is 8.93. The van der Waals surface area contributed by atoms with Gasteiger partial charge in [0, 0.05) is 24.7 Å². The lowest BCUT2D eigenvalue weighted by Gasteiger charge is -2.10. The molecule has 0 saturated heterocycles. The van der Waals surface area contributed by atoms with Crippen molar-refractivity contribution in [2.24, 2.45) is 0 Å². The van der Waals surface area contributed by atoms with Gasteiger partial charge in [0.15, 0.2) is 6.61 Å². The molecular weight excluding hydrogens is 415 g/mol. The fourth-order valence-electron chi connectivity index (χ4n) is 2.08. The highest BCUT2D eigenvalue weighted by molar-refractivity contribution is 6.43. The van der Waals surface area contributed by atoms with Crippen LogP contribution in [0.4, 0.5) is 0 Å². The van der Waals surface area contributed by atoms with E-state index in [1.165, 1.54) is 24.3 Å². The number of carbonyl (C=O) groups excluding carboxylic acids is 2. The summed E-state index contributed by atoms with van der Waals surface area (Å²) < 4.78 is 5.32. The lowest BCUT2D eigenvalue weighted by atomic mass is 10.2. The van der Waals surface area contributed by atoms with E-state index in [9.17, 15) is 14.7 Å². The second-order valence-electron chi connectivity index (χ2n) is 5.50. The van der Waals surface area contributed by atoms with E-state index in [4.69, 9.17) is 39.5 Å². The minimum Gasteiger partial charge on any atom is -0.508 e. The Bertz CT molecular complexity index is 830. The van der Waals surface area contributed by atoms with Crippen LogP contribution >= 0.6 is 34.8 Å². The second-order valence-corrected chi connectivity index (χ2v) is 6.72. The molecule has 0 spiro atoms. The molecule has 3 N–H and O–H groups in total. The molecule has 0 aliphatic rings. The van der Waals surface area contributed by atoms with Gasteiger partial charge in [0.1, 0.15) is 11.5 Å². The average molecular weight is 432 g/mol. The fraction of sp³-hybridized carbons (Fsp3) is 0.222. The first-order chi connectivity index (χ1) is 12.9. The molecule has 0 bridgehead atoms. The van der Waals surface area contributed by atoms with Gasteiger partial charge in [0.05, 0.1) is 15.1 Å². The van der Waals surface area contributed by atoms with Gasteiger partial charge >= 0.3 is 0 Å².